The topological polar surface area (TPSA) is 36.9 Å². The molecule has 0 aromatic heterocycles. The Balaban J connectivity index is 2.08. The highest BCUT2D eigenvalue weighted by Crippen LogP contribution is 2.49. The summed E-state index contributed by atoms with van der Waals surface area (Å²) in [6, 6.07) is 0. The molecule has 2 rings (SSSR count). The normalized spacial score (nSPS) is 20.9. The predicted molar refractivity (Wildman–Crippen MR) is 104 cm³/mol. The molecule has 0 radical (unpaired) electrons. The van der Waals surface area contributed by atoms with E-state index >= 15 is 0 Å². The fourth-order valence-corrected chi connectivity index (χ4v) is 5.43. The lowest BCUT2D eigenvalue weighted by atomic mass is 9.74. The van der Waals surface area contributed by atoms with E-state index in [1.54, 1.807) is 14.2 Å². The fraction of sp³-hybridized carbons (Fsp3) is 1.00. The van der Waals surface area contributed by atoms with Crippen molar-refractivity contribution in [3.63, 3.8) is 0 Å². The van der Waals surface area contributed by atoms with Gasteiger partial charge in [-0.15, -0.1) is 0 Å². The largest absolute Gasteiger partial charge is 0.239 e. The monoisotopic (exact) mass is 370 g/mol. The average Bonchev–Trinajstić information content (AvgIpc) is 3.35. The van der Waals surface area contributed by atoms with Crippen molar-refractivity contribution >= 4 is 0 Å². The van der Waals surface area contributed by atoms with Crippen LogP contribution in [0.15, 0.2) is 0 Å². The SMILES string of the molecule is CCCCCCCCC(C1CCCC1)C(OOC)(OOC)C1CCCC1. The zero-order chi connectivity index (χ0) is 18.7. The van der Waals surface area contributed by atoms with Crippen LogP contribution in [0.5, 0.6) is 0 Å². The molecule has 0 heterocycles. The van der Waals surface area contributed by atoms with Gasteiger partial charge in [0.05, 0.1) is 14.2 Å². The molecule has 0 saturated heterocycles. The summed E-state index contributed by atoms with van der Waals surface area (Å²) in [5.74, 6) is 0.655. The Morgan fingerprint density at radius 3 is 1.88 bits per heavy atom. The van der Waals surface area contributed by atoms with Crippen LogP contribution in [-0.4, -0.2) is 20.0 Å². The Kier molecular flexibility index (Phi) is 10.5. The summed E-state index contributed by atoms with van der Waals surface area (Å²) >= 11 is 0. The predicted octanol–water partition coefficient (Wildman–Crippen LogP) is 6.59. The lowest BCUT2D eigenvalue weighted by molar-refractivity contribution is -0.529. The summed E-state index contributed by atoms with van der Waals surface area (Å²) in [5, 5.41) is 0. The number of hydrogen-bond acceptors (Lipinski definition) is 4. The van der Waals surface area contributed by atoms with Crippen molar-refractivity contribution in [1.82, 2.24) is 0 Å². The highest BCUT2D eigenvalue weighted by molar-refractivity contribution is 4.92. The summed E-state index contributed by atoms with van der Waals surface area (Å²) in [6.07, 6.45) is 19.1. The molecule has 0 aromatic rings. The van der Waals surface area contributed by atoms with Crippen molar-refractivity contribution in [2.45, 2.75) is 109 Å². The molecule has 0 aliphatic heterocycles. The molecule has 2 aliphatic carbocycles. The smallest absolute Gasteiger partial charge is 0.237 e. The van der Waals surface area contributed by atoms with Crippen molar-refractivity contribution < 1.29 is 19.6 Å². The first-order valence-electron chi connectivity index (χ1n) is 11.2. The summed E-state index contributed by atoms with van der Waals surface area (Å²) < 4.78 is 0. The standard InChI is InChI=1S/C22H42O4/c1-4-5-6-7-8-9-18-21(19-14-10-11-15-19)22(25-23-2,26-24-3)20-16-12-13-17-20/h19-21H,4-18H2,1-3H3. The average molecular weight is 371 g/mol. The second-order valence-corrected chi connectivity index (χ2v) is 8.41. The van der Waals surface area contributed by atoms with Crippen molar-refractivity contribution in [1.29, 1.82) is 0 Å². The van der Waals surface area contributed by atoms with Crippen LogP contribution in [0.25, 0.3) is 0 Å². The Hall–Kier alpha value is -0.160. The highest BCUT2D eigenvalue weighted by atomic mass is 17.3. The molecule has 2 fully saturated rings. The molecule has 0 aromatic carbocycles. The van der Waals surface area contributed by atoms with E-state index in [0.29, 0.717) is 17.8 Å². The molecule has 1 atom stereocenters. The quantitative estimate of drug-likeness (QED) is 0.150. The summed E-state index contributed by atoms with van der Waals surface area (Å²) in [5.41, 5.74) is 0. The Morgan fingerprint density at radius 1 is 0.769 bits per heavy atom. The van der Waals surface area contributed by atoms with Crippen LogP contribution in [0.1, 0.15) is 103 Å². The first kappa shape index (κ1) is 22.1. The molecule has 0 amide bonds. The molecule has 26 heavy (non-hydrogen) atoms. The van der Waals surface area contributed by atoms with Crippen LogP contribution < -0.4 is 0 Å². The molecule has 4 heteroatoms. The van der Waals surface area contributed by atoms with E-state index in [1.165, 1.54) is 77.0 Å². The van der Waals surface area contributed by atoms with Crippen LogP contribution in [0, 0.1) is 17.8 Å². The molecule has 154 valence electrons. The van der Waals surface area contributed by atoms with Gasteiger partial charge in [-0.2, -0.15) is 9.78 Å². The zero-order valence-corrected chi connectivity index (χ0v) is 17.5. The van der Waals surface area contributed by atoms with Gasteiger partial charge >= 0.3 is 0 Å². The van der Waals surface area contributed by atoms with Gasteiger partial charge in [-0.25, -0.2) is 9.78 Å². The molecule has 2 aliphatic rings. The van der Waals surface area contributed by atoms with Crippen LogP contribution in [0.2, 0.25) is 0 Å². The Labute approximate surface area is 161 Å². The van der Waals surface area contributed by atoms with Crippen LogP contribution in [-0.2, 0) is 19.6 Å². The minimum absolute atomic E-state index is 0.360. The second kappa shape index (κ2) is 12.3. The summed E-state index contributed by atoms with van der Waals surface area (Å²) in [4.78, 5) is 22.5. The molecule has 1 unspecified atom stereocenters. The van der Waals surface area contributed by atoms with Crippen molar-refractivity contribution in [2.24, 2.45) is 17.8 Å². The molecule has 0 spiro atoms. The third-order valence-corrected chi connectivity index (χ3v) is 6.71. The van der Waals surface area contributed by atoms with E-state index in [-0.39, 0.29) is 0 Å². The number of hydrogen-bond donors (Lipinski definition) is 0. The number of unbranched alkanes of at least 4 members (excludes halogenated alkanes) is 5. The Morgan fingerprint density at radius 2 is 1.31 bits per heavy atom. The molecule has 0 bridgehead atoms. The first-order valence-corrected chi connectivity index (χ1v) is 11.2. The van der Waals surface area contributed by atoms with Crippen LogP contribution in [0.4, 0.5) is 0 Å². The molecule has 2 saturated carbocycles. The van der Waals surface area contributed by atoms with Gasteiger partial charge in [-0.3, -0.25) is 0 Å². The lowest BCUT2D eigenvalue weighted by Crippen LogP contribution is -2.51. The van der Waals surface area contributed by atoms with E-state index in [1.807, 2.05) is 0 Å². The fourth-order valence-electron chi connectivity index (χ4n) is 5.43. The Bertz CT molecular complexity index is 342. The van der Waals surface area contributed by atoms with Crippen molar-refractivity contribution in [2.75, 3.05) is 14.2 Å². The minimum Gasteiger partial charge on any atom is -0.237 e. The van der Waals surface area contributed by atoms with Gasteiger partial charge in [0.2, 0.25) is 5.79 Å². The molecular weight excluding hydrogens is 328 g/mol. The van der Waals surface area contributed by atoms with Gasteiger partial charge in [0.15, 0.2) is 0 Å². The van der Waals surface area contributed by atoms with Crippen molar-refractivity contribution in [3.05, 3.63) is 0 Å². The lowest BCUT2D eigenvalue weighted by Gasteiger charge is -2.43. The third kappa shape index (κ3) is 5.92. The van der Waals surface area contributed by atoms with Gasteiger partial charge in [0.1, 0.15) is 0 Å². The second-order valence-electron chi connectivity index (χ2n) is 8.41. The molecule has 0 N–H and O–H groups in total. The molecule has 4 nitrogen and oxygen atoms in total. The van der Waals surface area contributed by atoms with Crippen molar-refractivity contribution in [3.8, 4) is 0 Å². The van der Waals surface area contributed by atoms with Gasteiger partial charge in [-0.05, 0) is 38.0 Å². The van der Waals surface area contributed by atoms with Gasteiger partial charge < -0.3 is 0 Å². The minimum atomic E-state index is -0.738. The van der Waals surface area contributed by atoms with E-state index in [2.05, 4.69) is 6.92 Å². The van der Waals surface area contributed by atoms with E-state index < -0.39 is 5.79 Å². The van der Waals surface area contributed by atoms with Gasteiger partial charge in [-0.1, -0.05) is 71.1 Å². The van der Waals surface area contributed by atoms with E-state index in [0.717, 1.165) is 19.3 Å². The van der Waals surface area contributed by atoms with E-state index in [9.17, 15) is 0 Å². The third-order valence-electron chi connectivity index (χ3n) is 6.71. The summed E-state index contributed by atoms with van der Waals surface area (Å²) in [6.45, 7) is 2.27. The molecular formula is C22H42O4. The summed E-state index contributed by atoms with van der Waals surface area (Å²) in [7, 11) is 3.22. The zero-order valence-electron chi connectivity index (χ0n) is 17.5. The van der Waals surface area contributed by atoms with Gasteiger partial charge in [0, 0.05) is 11.8 Å². The highest BCUT2D eigenvalue weighted by Gasteiger charge is 2.53. The van der Waals surface area contributed by atoms with Crippen LogP contribution >= 0.6 is 0 Å². The first-order chi connectivity index (χ1) is 12.8. The van der Waals surface area contributed by atoms with Gasteiger partial charge in [0.25, 0.3) is 0 Å². The maximum atomic E-state index is 5.98. The van der Waals surface area contributed by atoms with Crippen LogP contribution in [0.3, 0.4) is 0 Å². The number of rotatable bonds is 14. The van der Waals surface area contributed by atoms with E-state index in [4.69, 9.17) is 19.6 Å². The maximum Gasteiger partial charge on any atom is 0.239 e. The maximum absolute atomic E-state index is 5.98.